The lowest BCUT2D eigenvalue weighted by molar-refractivity contribution is 0.433. The van der Waals surface area contributed by atoms with Crippen molar-refractivity contribution in [3.63, 3.8) is 0 Å². The molecule has 0 spiro atoms. The second-order valence-corrected chi connectivity index (χ2v) is 5.28. The first-order valence-electron chi connectivity index (χ1n) is 7.25. The minimum absolute atomic E-state index is 0.420. The number of hydrogen-bond acceptors (Lipinski definition) is 4. The Morgan fingerprint density at radius 3 is 1.65 bits per heavy atom. The van der Waals surface area contributed by atoms with Crippen molar-refractivity contribution in [2.24, 2.45) is 0 Å². The van der Waals surface area contributed by atoms with Gasteiger partial charge in [0.25, 0.3) is 0 Å². The molecular formula is C16H24N2O2. The fraction of sp³-hybridized carbons (Fsp3) is 0.500. The average molecular weight is 276 g/mol. The van der Waals surface area contributed by atoms with Gasteiger partial charge in [0.1, 0.15) is 11.5 Å². The van der Waals surface area contributed by atoms with Gasteiger partial charge in [-0.05, 0) is 38.1 Å². The van der Waals surface area contributed by atoms with Crippen LogP contribution in [0.5, 0.6) is 0 Å². The predicted octanol–water partition coefficient (Wildman–Crippen LogP) is 2.61. The van der Waals surface area contributed by atoms with Crippen molar-refractivity contribution in [2.75, 3.05) is 13.1 Å². The molecule has 110 valence electrons. The molecule has 2 aromatic rings. The summed E-state index contributed by atoms with van der Waals surface area (Å²) in [6.07, 6.45) is 5.30. The summed E-state index contributed by atoms with van der Waals surface area (Å²) >= 11 is 0. The Bertz CT molecular complexity index is 407. The highest BCUT2D eigenvalue weighted by atomic mass is 16.3. The van der Waals surface area contributed by atoms with Crippen molar-refractivity contribution in [1.82, 2.24) is 10.6 Å². The van der Waals surface area contributed by atoms with E-state index in [0.717, 1.165) is 37.5 Å². The fourth-order valence-electron chi connectivity index (χ4n) is 2.24. The predicted molar refractivity (Wildman–Crippen MR) is 79.8 cm³/mol. The molecule has 2 heterocycles. The van der Waals surface area contributed by atoms with E-state index in [2.05, 4.69) is 24.5 Å². The van der Waals surface area contributed by atoms with Crippen LogP contribution in [-0.2, 0) is 12.8 Å². The van der Waals surface area contributed by atoms with Gasteiger partial charge < -0.3 is 19.5 Å². The lowest BCUT2D eigenvalue weighted by Gasteiger charge is -2.15. The normalized spacial score (nSPS) is 14.3. The first-order chi connectivity index (χ1) is 9.74. The van der Waals surface area contributed by atoms with E-state index in [0.29, 0.717) is 12.1 Å². The Kier molecular flexibility index (Phi) is 5.89. The molecule has 0 saturated carbocycles. The fourth-order valence-corrected chi connectivity index (χ4v) is 2.24. The Morgan fingerprint density at radius 1 is 0.850 bits per heavy atom. The van der Waals surface area contributed by atoms with Crippen molar-refractivity contribution >= 4 is 0 Å². The molecule has 2 aromatic heterocycles. The molecule has 20 heavy (non-hydrogen) atoms. The Morgan fingerprint density at radius 2 is 1.30 bits per heavy atom. The number of hydrogen-bond donors (Lipinski definition) is 2. The van der Waals surface area contributed by atoms with Crippen LogP contribution >= 0.6 is 0 Å². The van der Waals surface area contributed by atoms with Crippen LogP contribution in [0.25, 0.3) is 0 Å². The minimum Gasteiger partial charge on any atom is -0.469 e. The molecule has 0 aromatic carbocycles. The van der Waals surface area contributed by atoms with Crippen LogP contribution in [0.3, 0.4) is 0 Å². The summed E-state index contributed by atoms with van der Waals surface area (Å²) in [6, 6.07) is 8.73. The molecule has 2 N–H and O–H groups in total. The van der Waals surface area contributed by atoms with Crippen LogP contribution in [0.1, 0.15) is 25.4 Å². The van der Waals surface area contributed by atoms with E-state index in [1.54, 1.807) is 12.5 Å². The van der Waals surface area contributed by atoms with Crippen molar-refractivity contribution < 1.29 is 8.83 Å². The van der Waals surface area contributed by atoms with E-state index < -0.39 is 0 Å². The van der Waals surface area contributed by atoms with Crippen molar-refractivity contribution in [1.29, 1.82) is 0 Å². The van der Waals surface area contributed by atoms with Gasteiger partial charge in [0, 0.05) is 38.0 Å². The van der Waals surface area contributed by atoms with E-state index in [1.807, 2.05) is 24.3 Å². The second-order valence-electron chi connectivity index (χ2n) is 5.28. The molecule has 0 radical (unpaired) electrons. The maximum absolute atomic E-state index is 5.34. The van der Waals surface area contributed by atoms with Gasteiger partial charge in [-0.25, -0.2) is 0 Å². The van der Waals surface area contributed by atoms with Crippen molar-refractivity contribution in [2.45, 2.75) is 38.8 Å². The van der Waals surface area contributed by atoms with E-state index in [1.165, 1.54) is 0 Å². The van der Waals surface area contributed by atoms with Gasteiger partial charge in [-0.2, -0.15) is 0 Å². The molecular weight excluding hydrogens is 252 g/mol. The molecule has 4 nitrogen and oxygen atoms in total. The van der Waals surface area contributed by atoms with Gasteiger partial charge in [-0.15, -0.1) is 0 Å². The first-order valence-corrected chi connectivity index (χ1v) is 7.25. The second kappa shape index (κ2) is 7.92. The lowest BCUT2D eigenvalue weighted by Crippen LogP contribution is -2.38. The number of furan rings is 2. The van der Waals surface area contributed by atoms with Crippen molar-refractivity contribution in [3.05, 3.63) is 48.3 Å². The molecule has 2 atom stereocenters. The van der Waals surface area contributed by atoms with Crippen LogP contribution in [-0.4, -0.2) is 25.2 Å². The van der Waals surface area contributed by atoms with Gasteiger partial charge in [0.05, 0.1) is 12.5 Å². The molecule has 0 saturated heterocycles. The van der Waals surface area contributed by atoms with Crippen LogP contribution in [0.4, 0.5) is 0 Å². The molecule has 0 fully saturated rings. The van der Waals surface area contributed by atoms with Gasteiger partial charge in [-0.3, -0.25) is 0 Å². The highest BCUT2D eigenvalue weighted by molar-refractivity contribution is 5.00. The first kappa shape index (κ1) is 14.9. The summed E-state index contributed by atoms with van der Waals surface area (Å²) in [6.45, 7) is 6.25. The molecule has 4 heteroatoms. The molecule has 0 aliphatic heterocycles. The summed E-state index contributed by atoms with van der Waals surface area (Å²) in [5.74, 6) is 2.06. The third-order valence-corrected chi connectivity index (χ3v) is 3.29. The van der Waals surface area contributed by atoms with Crippen LogP contribution in [0.15, 0.2) is 45.6 Å². The maximum atomic E-state index is 5.34. The summed E-state index contributed by atoms with van der Waals surface area (Å²) in [4.78, 5) is 0. The largest absolute Gasteiger partial charge is 0.469 e. The summed E-state index contributed by atoms with van der Waals surface area (Å²) in [5.41, 5.74) is 0. The molecule has 0 aliphatic rings. The maximum Gasteiger partial charge on any atom is 0.105 e. The third-order valence-electron chi connectivity index (χ3n) is 3.29. The molecule has 0 amide bonds. The average Bonchev–Trinajstić information content (AvgIpc) is 3.08. The molecule has 0 aliphatic carbocycles. The Hall–Kier alpha value is -1.52. The summed E-state index contributed by atoms with van der Waals surface area (Å²) in [5, 5.41) is 6.98. The molecule has 2 rings (SSSR count). The van der Waals surface area contributed by atoms with E-state index in [9.17, 15) is 0 Å². The zero-order chi connectivity index (χ0) is 14.2. The Balaban J connectivity index is 1.54. The summed E-state index contributed by atoms with van der Waals surface area (Å²) in [7, 11) is 0. The van der Waals surface area contributed by atoms with Crippen LogP contribution in [0.2, 0.25) is 0 Å². The van der Waals surface area contributed by atoms with Gasteiger partial charge in [0.15, 0.2) is 0 Å². The van der Waals surface area contributed by atoms with Gasteiger partial charge in [-0.1, -0.05) is 0 Å². The quantitative estimate of drug-likeness (QED) is 0.691. The van der Waals surface area contributed by atoms with E-state index in [-0.39, 0.29) is 0 Å². The van der Waals surface area contributed by atoms with Gasteiger partial charge >= 0.3 is 0 Å². The SMILES string of the molecule is C[C@@H](Cc1ccco1)NCCN[C@@H](C)Cc1ccco1. The van der Waals surface area contributed by atoms with Crippen molar-refractivity contribution in [3.8, 4) is 0 Å². The highest BCUT2D eigenvalue weighted by Gasteiger charge is 2.06. The van der Waals surface area contributed by atoms with Gasteiger partial charge in [0.2, 0.25) is 0 Å². The lowest BCUT2D eigenvalue weighted by atomic mass is 10.2. The molecule has 0 unspecified atom stereocenters. The molecule has 0 bridgehead atoms. The summed E-state index contributed by atoms with van der Waals surface area (Å²) < 4.78 is 10.7. The third kappa shape index (κ3) is 5.23. The van der Waals surface area contributed by atoms with E-state index >= 15 is 0 Å². The number of rotatable bonds is 9. The minimum atomic E-state index is 0.420. The van der Waals surface area contributed by atoms with Crippen LogP contribution in [0, 0.1) is 0 Å². The smallest absolute Gasteiger partial charge is 0.105 e. The zero-order valence-electron chi connectivity index (χ0n) is 12.3. The highest BCUT2D eigenvalue weighted by Crippen LogP contribution is 2.04. The standard InChI is InChI=1S/C16H24N2O2/c1-13(11-15-5-3-9-19-15)17-7-8-18-14(2)12-16-6-4-10-20-16/h3-6,9-10,13-14,17-18H,7-8,11-12H2,1-2H3/t13-,14-/m0/s1. The van der Waals surface area contributed by atoms with E-state index in [4.69, 9.17) is 8.83 Å². The zero-order valence-corrected chi connectivity index (χ0v) is 12.3. The topological polar surface area (TPSA) is 50.3 Å². The van der Waals surface area contributed by atoms with Crippen LogP contribution < -0.4 is 10.6 Å². The Labute approximate surface area is 120 Å². The number of nitrogens with one attached hydrogen (secondary N) is 2. The monoisotopic (exact) mass is 276 g/mol.